The van der Waals surface area contributed by atoms with Gasteiger partial charge in [0.15, 0.2) is 11.4 Å². The van der Waals surface area contributed by atoms with E-state index in [9.17, 15) is 22.8 Å². The van der Waals surface area contributed by atoms with Crippen LogP contribution in [0.4, 0.5) is 13.2 Å². The van der Waals surface area contributed by atoms with Gasteiger partial charge in [0.05, 0.1) is 24.6 Å². The SMILES string of the molecule is COc1cn(-c2cccc(C(F)(F)F)c2)nc1C(=O)NNC(=O)c1cc(Br)c[nH]1. The summed E-state index contributed by atoms with van der Waals surface area (Å²) in [6.45, 7) is 0. The van der Waals surface area contributed by atoms with E-state index in [-0.39, 0.29) is 22.8 Å². The number of nitrogens with one attached hydrogen (secondary N) is 3. The quantitative estimate of drug-likeness (QED) is 0.509. The Hall–Kier alpha value is -3.28. The van der Waals surface area contributed by atoms with E-state index in [1.165, 1.54) is 37.7 Å². The van der Waals surface area contributed by atoms with Gasteiger partial charge < -0.3 is 9.72 Å². The number of ether oxygens (including phenoxy) is 1. The van der Waals surface area contributed by atoms with Gasteiger partial charge in [-0.25, -0.2) is 4.68 Å². The number of rotatable bonds is 4. The van der Waals surface area contributed by atoms with Crippen molar-refractivity contribution >= 4 is 27.7 Å². The molecular formula is C17H13BrF3N5O3. The summed E-state index contributed by atoms with van der Waals surface area (Å²) in [6, 6.07) is 5.94. The summed E-state index contributed by atoms with van der Waals surface area (Å²) in [5, 5.41) is 3.97. The summed E-state index contributed by atoms with van der Waals surface area (Å²) < 4.78 is 45.5. The van der Waals surface area contributed by atoms with Crippen molar-refractivity contribution in [3.8, 4) is 11.4 Å². The predicted molar refractivity (Wildman–Crippen MR) is 98.5 cm³/mol. The number of H-pyrrole nitrogens is 1. The molecule has 0 radical (unpaired) electrons. The van der Waals surface area contributed by atoms with Crippen molar-refractivity contribution in [3.63, 3.8) is 0 Å². The van der Waals surface area contributed by atoms with Crippen molar-refractivity contribution < 1.29 is 27.5 Å². The first-order valence-corrected chi connectivity index (χ1v) is 8.74. The summed E-state index contributed by atoms with van der Waals surface area (Å²) >= 11 is 3.18. The Balaban J connectivity index is 1.79. The van der Waals surface area contributed by atoms with E-state index in [4.69, 9.17) is 4.74 Å². The van der Waals surface area contributed by atoms with E-state index in [1.54, 1.807) is 0 Å². The van der Waals surface area contributed by atoms with Crippen LogP contribution in [0.2, 0.25) is 0 Å². The predicted octanol–water partition coefficient (Wildman–Crippen LogP) is 3.07. The number of carbonyl (C=O) groups excluding carboxylic acids is 2. The van der Waals surface area contributed by atoms with E-state index in [0.717, 1.165) is 16.8 Å². The van der Waals surface area contributed by atoms with Crippen molar-refractivity contribution in [2.45, 2.75) is 6.18 Å². The Labute approximate surface area is 170 Å². The van der Waals surface area contributed by atoms with Crippen molar-refractivity contribution in [1.29, 1.82) is 0 Å². The normalized spacial score (nSPS) is 11.2. The molecule has 3 rings (SSSR count). The fourth-order valence-electron chi connectivity index (χ4n) is 2.36. The Morgan fingerprint density at radius 1 is 1.21 bits per heavy atom. The van der Waals surface area contributed by atoms with Crippen LogP contribution in [-0.2, 0) is 6.18 Å². The average Bonchev–Trinajstić information content (AvgIpc) is 3.31. The van der Waals surface area contributed by atoms with Crippen LogP contribution in [0.1, 0.15) is 26.5 Å². The van der Waals surface area contributed by atoms with Crippen LogP contribution >= 0.6 is 15.9 Å². The molecule has 2 aromatic heterocycles. The van der Waals surface area contributed by atoms with Crippen LogP contribution < -0.4 is 15.6 Å². The van der Waals surface area contributed by atoms with Gasteiger partial charge in [-0.3, -0.25) is 20.4 Å². The lowest BCUT2D eigenvalue weighted by atomic mass is 10.2. The van der Waals surface area contributed by atoms with Gasteiger partial charge in [0.2, 0.25) is 0 Å². The maximum atomic E-state index is 12.9. The third-order valence-corrected chi connectivity index (χ3v) is 4.19. The van der Waals surface area contributed by atoms with Crippen LogP contribution in [0.5, 0.6) is 5.75 Å². The summed E-state index contributed by atoms with van der Waals surface area (Å²) in [4.78, 5) is 27.0. The molecule has 8 nitrogen and oxygen atoms in total. The van der Waals surface area contributed by atoms with E-state index < -0.39 is 23.6 Å². The minimum atomic E-state index is -4.52. The Morgan fingerprint density at radius 2 is 1.93 bits per heavy atom. The summed E-state index contributed by atoms with van der Waals surface area (Å²) in [5.74, 6) is -1.41. The molecule has 2 heterocycles. The Bertz CT molecular complexity index is 1060. The highest BCUT2D eigenvalue weighted by atomic mass is 79.9. The number of alkyl halides is 3. The van der Waals surface area contributed by atoms with Gasteiger partial charge in [-0.05, 0) is 40.2 Å². The number of halogens is 4. The van der Waals surface area contributed by atoms with Crippen LogP contribution in [0.3, 0.4) is 0 Å². The van der Waals surface area contributed by atoms with E-state index in [0.29, 0.717) is 4.47 Å². The Kier molecular flexibility index (Phi) is 5.64. The molecule has 3 N–H and O–H groups in total. The van der Waals surface area contributed by atoms with Gasteiger partial charge in [0.25, 0.3) is 11.8 Å². The fraction of sp³-hybridized carbons (Fsp3) is 0.118. The number of amides is 2. The van der Waals surface area contributed by atoms with Gasteiger partial charge in [0.1, 0.15) is 5.69 Å². The van der Waals surface area contributed by atoms with Crippen molar-refractivity contribution in [2.24, 2.45) is 0 Å². The molecule has 2 amide bonds. The second-order valence-corrected chi connectivity index (χ2v) is 6.59. The molecule has 0 aliphatic carbocycles. The van der Waals surface area contributed by atoms with Crippen LogP contribution in [0, 0.1) is 0 Å². The van der Waals surface area contributed by atoms with Crippen molar-refractivity contribution in [2.75, 3.05) is 7.11 Å². The smallest absolute Gasteiger partial charge is 0.416 e. The van der Waals surface area contributed by atoms with Gasteiger partial charge in [-0.2, -0.15) is 18.3 Å². The summed E-state index contributed by atoms with van der Waals surface area (Å²) in [5.41, 5.74) is 3.56. The highest BCUT2D eigenvalue weighted by Crippen LogP contribution is 2.30. The van der Waals surface area contributed by atoms with Crippen molar-refractivity contribution in [3.05, 3.63) is 64.1 Å². The maximum absolute atomic E-state index is 12.9. The number of nitrogens with zero attached hydrogens (tertiary/aromatic N) is 2. The lowest BCUT2D eigenvalue weighted by molar-refractivity contribution is -0.137. The van der Waals surface area contributed by atoms with Crippen LogP contribution in [0.15, 0.2) is 47.2 Å². The minimum absolute atomic E-state index is 0.0109. The third kappa shape index (κ3) is 4.59. The topological polar surface area (TPSA) is 101 Å². The van der Waals surface area contributed by atoms with Crippen molar-refractivity contribution in [1.82, 2.24) is 25.6 Å². The van der Waals surface area contributed by atoms with Gasteiger partial charge in [-0.15, -0.1) is 0 Å². The second kappa shape index (κ2) is 7.99. The minimum Gasteiger partial charge on any atom is -0.493 e. The van der Waals surface area contributed by atoms with E-state index in [2.05, 4.69) is 36.9 Å². The zero-order chi connectivity index (χ0) is 21.2. The summed E-state index contributed by atoms with van der Waals surface area (Å²) in [7, 11) is 1.28. The number of aromatic nitrogens is 3. The lowest BCUT2D eigenvalue weighted by Crippen LogP contribution is -2.42. The van der Waals surface area contributed by atoms with E-state index in [1.807, 2.05) is 0 Å². The number of carbonyl (C=O) groups is 2. The third-order valence-electron chi connectivity index (χ3n) is 3.74. The molecule has 3 aromatic rings. The molecule has 1 aromatic carbocycles. The molecule has 0 saturated carbocycles. The number of benzene rings is 1. The molecule has 0 bridgehead atoms. The van der Waals surface area contributed by atoms with Gasteiger partial charge >= 0.3 is 6.18 Å². The number of hydrazine groups is 1. The summed E-state index contributed by atoms with van der Waals surface area (Å²) in [6.07, 6.45) is -1.73. The fourth-order valence-corrected chi connectivity index (χ4v) is 2.70. The first kappa shape index (κ1) is 20.5. The molecule has 0 aliphatic heterocycles. The van der Waals surface area contributed by atoms with Crippen LogP contribution in [-0.4, -0.2) is 33.7 Å². The number of hydrogen-bond donors (Lipinski definition) is 3. The first-order valence-electron chi connectivity index (χ1n) is 7.95. The van der Waals surface area contributed by atoms with Crippen LogP contribution in [0.25, 0.3) is 5.69 Å². The molecule has 0 saturated heterocycles. The molecule has 0 aliphatic rings. The molecule has 152 valence electrons. The van der Waals surface area contributed by atoms with Gasteiger partial charge in [0, 0.05) is 10.7 Å². The highest BCUT2D eigenvalue weighted by Gasteiger charge is 2.30. The average molecular weight is 472 g/mol. The molecule has 0 spiro atoms. The number of hydrogen-bond acceptors (Lipinski definition) is 4. The second-order valence-electron chi connectivity index (χ2n) is 5.68. The molecule has 0 atom stereocenters. The molecule has 0 unspecified atom stereocenters. The zero-order valence-corrected chi connectivity index (χ0v) is 16.3. The highest BCUT2D eigenvalue weighted by molar-refractivity contribution is 9.10. The maximum Gasteiger partial charge on any atom is 0.416 e. The lowest BCUT2D eigenvalue weighted by Gasteiger charge is -2.08. The number of methoxy groups -OCH3 is 1. The zero-order valence-electron chi connectivity index (χ0n) is 14.7. The monoisotopic (exact) mass is 471 g/mol. The molecule has 29 heavy (non-hydrogen) atoms. The molecular weight excluding hydrogens is 459 g/mol. The Morgan fingerprint density at radius 3 is 2.55 bits per heavy atom. The standard InChI is InChI=1S/C17H13BrF3N5O3/c1-29-13-8-26(11-4-2-3-9(5-11)17(19,20)21)25-14(13)16(28)24-23-15(27)12-6-10(18)7-22-12/h2-8,22H,1H3,(H,23,27)(H,24,28). The number of aromatic amines is 1. The molecule has 12 heteroatoms. The largest absolute Gasteiger partial charge is 0.493 e. The van der Waals surface area contributed by atoms with E-state index >= 15 is 0 Å². The first-order chi connectivity index (χ1) is 13.7. The van der Waals surface area contributed by atoms with Gasteiger partial charge in [-0.1, -0.05) is 6.07 Å². The molecule has 0 fully saturated rings.